The van der Waals surface area contributed by atoms with Crippen molar-refractivity contribution < 1.29 is 14.3 Å². The number of carbonyl (C=O) groups excluding carboxylic acids is 2. The Hall–Kier alpha value is -2.77. The molecule has 7 nitrogen and oxygen atoms in total. The van der Waals surface area contributed by atoms with Crippen LogP contribution in [-0.2, 0) is 16.0 Å². The van der Waals surface area contributed by atoms with Gasteiger partial charge in [0, 0.05) is 54.7 Å². The zero-order chi connectivity index (χ0) is 24.6. The third-order valence-corrected chi connectivity index (χ3v) is 6.99. The summed E-state index contributed by atoms with van der Waals surface area (Å²) in [5.41, 5.74) is 2.87. The summed E-state index contributed by atoms with van der Waals surface area (Å²) < 4.78 is 5.11. The summed E-state index contributed by atoms with van der Waals surface area (Å²) in [6.07, 6.45) is 4.25. The van der Waals surface area contributed by atoms with E-state index in [4.69, 9.17) is 16.3 Å². The Morgan fingerprint density at radius 2 is 1.63 bits per heavy atom. The molecule has 35 heavy (non-hydrogen) atoms. The van der Waals surface area contributed by atoms with Crippen molar-refractivity contribution in [3.8, 4) is 0 Å². The average molecular weight is 499 g/mol. The van der Waals surface area contributed by atoms with Gasteiger partial charge in [-0.05, 0) is 74.6 Å². The maximum Gasteiger partial charge on any atom is 0.409 e. The van der Waals surface area contributed by atoms with E-state index in [1.165, 1.54) is 5.69 Å². The zero-order valence-electron chi connectivity index (χ0n) is 20.3. The molecule has 2 aromatic carbocycles. The van der Waals surface area contributed by atoms with Crippen LogP contribution in [0.5, 0.6) is 0 Å². The number of hydrogen-bond donors (Lipinski definition) is 2. The van der Waals surface area contributed by atoms with Crippen molar-refractivity contribution in [3.05, 3.63) is 59.1 Å². The van der Waals surface area contributed by atoms with Gasteiger partial charge >= 0.3 is 6.09 Å². The minimum Gasteiger partial charge on any atom is -0.450 e. The Morgan fingerprint density at radius 1 is 0.971 bits per heavy atom. The third kappa shape index (κ3) is 7.36. The van der Waals surface area contributed by atoms with Gasteiger partial charge in [0.1, 0.15) is 0 Å². The molecule has 2 fully saturated rings. The van der Waals surface area contributed by atoms with E-state index in [1.54, 1.807) is 6.07 Å². The largest absolute Gasteiger partial charge is 0.450 e. The van der Waals surface area contributed by atoms with Crippen LogP contribution in [0.15, 0.2) is 48.5 Å². The van der Waals surface area contributed by atoms with Gasteiger partial charge in [-0.3, -0.25) is 4.79 Å². The molecule has 2 aliphatic heterocycles. The van der Waals surface area contributed by atoms with E-state index < -0.39 is 0 Å². The Labute approximate surface area is 212 Å². The summed E-state index contributed by atoms with van der Waals surface area (Å²) in [5, 5.41) is 7.42. The predicted molar refractivity (Wildman–Crippen MR) is 140 cm³/mol. The summed E-state index contributed by atoms with van der Waals surface area (Å²) in [4.78, 5) is 28.5. The molecule has 2 aromatic rings. The number of nitrogens with zero attached hydrogens (tertiary/aromatic N) is 2. The van der Waals surface area contributed by atoms with Crippen molar-refractivity contribution in [2.75, 3.05) is 43.0 Å². The third-order valence-electron chi connectivity index (χ3n) is 6.76. The lowest BCUT2D eigenvalue weighted by molar-refractivity contribution is -0.115. The molecule has 0 atom stereocenters. The lowest BCUT2D eigenvalue weighted by Gasteiger charge is -2.38. The highest BCUT2D eigenvalue weighted by atomic mass is 35.5. The van der Waals surface area contributed by atoms with E-state index in [0.29, 0.717) is 30.1 Å². The first kappa shape index (κ1) is 25.3. The fourth-order valence-electron chi connectivity index (χ4n) is 4.87. The molecule has 2 N–H and O–H groups in total. The molecular formula is C27H35ClN4O3. The quantitative estimate of drug-likeness (QED) is 0.578. The van der Waals surface area contributed by atoms with Gasteiger partial charge in [-0.2, -0.15) is 0 Å². The highest BCUT2D eigenvalue weighted by Gasteiger charge is 2.27. The van der Waals surface area contributed by atoms with Gasteiger partial charge in [0.2, 0.25) is 5.91 Å². The van der Waals surface area contributed by atoms with Crippen molar-refractivity contribution in [1.29, 1.82) is 0 Å². The molecule has 0 aromatic heterocycles. The number of hydrogen-bond acceptors (Lipinski definition) is 5. The van der Waals surface area contributed by atoms with Crippen molar-refractivity contribution in [3.63, 3.8) is 0 Å². The second-order valence-electron chi connectivity index (χ2n) is 9.29. The molecule has 0 radical (unpaired) electrons. The Kier molecular flexibility index (Phi) is 8.88. The topological polar surface area (TPSA) is 73.9 Å². The molecule has 0 unspecified atom stereocenters. The maximum atomic E-state index is 12.4. The van der Waals surface area contributed by atoms with Crippen LogP contribution in [0.3, 0.4) is 0 Å². The molecule has 4 rings (SSSR count). The summed E-state index contributed by atoms with van der Waals surface area (Å²) >= 11 is 6.01. The molecule has 0 aliphatic carbocycles. The van der Waals surface area contributed by atoms with Crippen LogP contribution >= 0.6 is 11.6 Å². The van der Waals surface area contributed by atoms with Crippen molar-refractivity contribution in [2.24, 2.45) is 0 Å². The minimum atomic E-state index is -0.189. The number of amides is 2. The molecule has 0 saturated carbocycles. The number of ether oxygens (including phenoxy) is 1. The fourth-order valence-corrected chi connectivity index (χ4v) is 5.09. The van der Waals surface area contributed by atoms with Gasteiger partial charge in [0.15, 0.2) is 0 Å². The van der Waals surface area contributed by atoms with E-state index in [0.717, 1.165) is 63.1 Å². The molecule has 8 heteroatoms. The first-order chi connectivity index (χ1) is 17.0. The van der Waals surface area contributed by atoms with E-state index >= 15 is 0 Å². The average Bonchev–Trinajstić information content (AvgIpc) is 2.86. The van der Waals surface area contributed by atoms with Gasteiger partial charge < -0.3 is 25.2 Å². The lowest BCUT2D eigenvalue weighted by atomic mass is 9.99. The molecule has 2 heterocycles. The van der Waals surface area contributed by atoms with Crippen LogP contribution in [0.4, 0.5) is 16.2 Å². The normalized spacial score (nSPS) is 17.3. The fraction of sp³-hybridized carbons (Fsp3) is 0.481. The standard InChI is InChI=1S/C27H35ClN4O3/c1-2-35-27(34)32-16-12-24(13-17-32)29-23-10-14-31(15-11-23)25-8-6-22(7-9-25)30-26(33)19-20-4-3-5-21(28)18-20/h3-9,18,23-24,29H,2,10-17,19H2,1H3,(H,30,33). The highest BCUT2D eigenvalue weighted by Crippen LogP contribution is 2.23. The molecule has 2 amide bonds. The van der Waals surface area contributed by atoms with Gasteiger partial charge in [0.25, 0.3) is 0 Å². The van der Waals surface area contributed by atoms with Crippen LogP contribution in [0.1, 0.15) is 38.2 Å². The molecule has 0 bridgehead atoms. The number of anilines is 2. The van der Waals surface area contributed by atoms with E-state index in [2.05, 4.69) is 27.7 Å². The highest BCUT2D eigenvalue weighted by molar-refractivity contribution is 6.30. The summed E-state index contributed by atoms with van der Waals surface area (Å²) in [6, 6.07) is 16.4. The van der Waals surface area contributed by atoms with Crippen LogP contribution in [0.25, 0.3) is 0 Å². The van der Waals surface area contributed by atoms with Gasteiger partial charge in [0.05, 0.1) is 13.0 Å². The smallest absolute Gasteiger partial charge is 0.409 e. The SMILES string of the molecule is CCOC(=O)N1CCC(NC2CCN(c3ccc(NC(=O)Cc4cccc(Cl)c4)cc3)CC2)CC1. The molecular weight excluding hydrogens is 464 g/mol. The molecule has 2 aliphatic rings. The van der Waals surface area contributed by atoms with Crippen molar-refractivity contribution in [1.82, 2.24) is 10.2 Å². The van der Waals surface area contributed by atoms with Crippen LogP contribution in [0.2, 0.25) is 5.02 Å². The molecule has 0 spiro atoms. The molecule has 2 saturated heterocycles. The Bertz CT molecular complexity index is 984. The first-order valence-electron chi connectivity index (χ1n) is 12.6. The summed E-state index contributed by atoms with van der Waals surface area (Å²) in [7, 11) is 0. The van der Waals surface area contributed by atoms with Gasteiger partial charge in [-0.1, -0.05) is 23.7 Å². The molecule has 188 valence electrons. The number of rotatable bonds is 7. The number of likely N-dealkylation sites (tertiary alicyclic amines) is 1. The van der Waals surface area contributed by atoms with E-state index in [-0.39, 0.29) is 12.0 Å². The van der Waals surface area contributed by atoms with Crippen LogP contribution in [0, 0.1) is 0 Å². The van der Waals surface area contributed by atoms with Crippen molar-refractivity contribution >= 4 is 35.0 Å². The number of benzene rings is 2. The Morgan fingerprint density at radius 3 is 2.26 bits per heavy atom. The van der Waals surface area contributed by atoms with Crippen molar-refractivity contribution in [2.45, 2.75) is 51.1 Å². The first-order valence-corrected chi connectivity index (χ1v) is 12.9. The number of halogens is 1. The monoisotopic (exact) mass is 498 g/mol. The second kappa shape index (κ2) is 12.3. The van der Waals surface area contributed by atoms with Gasteiger partial charge in [-0.15, -0.1) is 0 Å². The van der Waals surface area contributed by atoms with Crippen LogP contribution in [-0.4, -0.2) is 61.8 Å². The number of nitrogens with one attached hydrogen (secondary N) is 2. The second-order valence-corrected chi connectivity index (χ2v) is 9.73. The maximum absolute atomic E-state index is 12.4. The Balaban J connectivity index is 1.18. The van der Waals surface area contributed by atoms with Crippen LogP contribution < -0.4 is 15.5 Å². The number of carbonyl (C=O) groups is 2. The van der Waals surface area contributed by atoms with E-state index in [1.807, 2.05) is 42.2 Å². The summed E-state index contributed by atoms with van der Waals surface area (Å²) in [6.45, 7) is 5.79. The van der Waals surface area contributed by atoms with Gasteiger partial charge in [-0.25, -0.2) is 4.79 Å². The predicted octanol–water partition coefficient (Wildman–Crippen LogP) is 4.70. The minimum absolute atomic E-state index is 0.0556. The zero-order valence-corrected chi connectivity index (χ0v) is 21.1. The van der Waals surface area contributed by atoms with E-state index in [9.17, 15) is 9.59 Å². The summed E-state index contributed by atoms with van der Waals surface area (Å²) in [5.74, 6) is -0.0556. The number of piperidine rings is 2. The lowest BCUT2D eigenvalue weighted by Crippen LogP contribution is -2.50.